The summed E-state index contributed by atoms with van der Waals surface area (Å²) in [6.07, 6.45) is 10.8. The number of fused-ring (bicyclic) bond motifs is 9. The van der Waals surface area contributed by atoms with E-state index in [9.17, 15) is 0 Å². The Balaban J connectivity index is 0.894. The minimum Gasteiger partial charge on any atom is -0.254 e. The van der Waals surface area contributed by atoms with E-state index in [1.54, 1.807) is 11.1 Å². The second-order valence-corrected chi connectivity index (χ2v) is 18.8. The summed E-state index contributed by atoms with van der Waals surface area (Å²) in [5.74, 6) is 3.37. The maximum absolute atomic E-state index is 4.88. The number of hydrogen-bond acceptors (Lipinski definition) is 2. The summed E-state index contributed by atoms with van der Waals surface area (Å²) >= 11 is 0. The van der Waals surface area contributed by atoms with E-state index in [0.29, 0.717) is 0 Å². The van der Waals surface area contributed by atoms with E-state index in [1.807, 2.05) is 24.5 Å². The van der Waals surface area contributed by atoms with Gasteiger partial charge in [-0.3, -0.25) is 9.97 Å². The molecule has 3 bridgehead atoms. The zero-order chi connectivity index (χ0) is 40.5. The van der Waals surface area contributed by atoms with E-state index < -0.39 is 0 Å². The van der Waals surface area contributed by atoms with Crippen LogP contribution < -0.4 is 0 Å². The lowest BCUT2D eigenvalue weighted by Crippen LogP contribution is -2.48. The quantitative estimate of drug-likeness (QED) is 0.131. The molecule has 0 saturated heterocycles. The maximum atomic E-state index is 4.88. The Kier molecular flexibility index (Phi) is 7.32. The fraction of sp³-hybridized carbons (Fsp3) is 0.167. The average Bonchev–Trinajstić information content (AvgIpc) is 3.75. The zero-order valence-electron chi connectivity index (χ0n) is 34.6. The summed E-state index contributed by atoms with van der Waals surface area (Å²) < 4.78 is 0. The van der Waals surface area contributed by atoms with Crippen molar-refractivity contribution in [2.75, 3.05) is 0 Å². The fourth-order valence-electron chi connectivity index (χ4n) is 13.8. The number of rotatable bonds is 4. The number of aromatic nitrogens is 2. The van der Waals surface area contributed by atoms with Crippen LogP contribution in [0.2, 0.25) is 0 Å². The van der Waals surface area contributed by atoms with Crippen LogP contribution in [0.4, 0.5) is 0 Å². The van der Waals surface area contributed by atoms with Crippen LogP contribution in [-0.4, -0.2) is 9.97 Å². The normalized spacial score (nSPS) is 21.9. The standard InChI is InChI=1S/C60H44N2/c1-3-16-47-45(14-1)55(46-15-2-4-17-48(46)56(47)51-35-42-13-9-29-61-58(42)59-49(51)20-10-30-62-59)41-12-7-11-39(34-41)37-23-25-38(26-24-37)44-19-8-22-53-57(44)50-18-5-6-21-52(50)60(53)43-28-27-40-31-36(32-43)33-54(40)60/h1-26,29-30,34-36,40,43,54H,27-28,31-33H2. The molecule has 294 valence electrons. The van der Waals surface area contributed by atoms with Gasteiger partial charge in [-0.1, -0.05) is 146 Å². The van der Waals surface area contributed by atoms with Gasteiger partial charge in [-0.25, -0.2) is 0 Å². The van der Waals surface area contributed by atoms with Crippen LogP contribution in [0.3, 0.4) is 0 Å². The van der Waals surface area contributed by atoms with Crippen LogP contribution >= 0.6 is 0 Å². The SMILES string of the molecule is c1cc(-c2ccc(-c3cccc4c3-c3ccccc3C43C4CCC5CC(C4)CC53)cc2)cc(-c2c3ccccc3c(-c3cc4cccnc4c4ncccc34)c3ccccc23)c1. The molecular formula is C60H44N2. The monoisotopic (exact) mass is 792 g/mol. The van der Waals surface area contributed by atoms with Crippen LogP contribution in [0.5, 0.6) is 0 Å². The third kappa shape index (κ3) is 4.70. The Hall–Kier alpha value is -6.90. The van der Waals surface area contributed by atoms with E-state index in [2.05, 4.69) is 158 Å². The highest BCUT2D eigenvalue weighted by Crippen LogP contribution is 2.71. The molecule has 2 heteroatoms. The molecule has 2 aromatic heterocycles. The van der Waals surface area contributed by atoms with Crippen LogP contribution in [0, 0.1) is 23.7 Å². The van der Waals surface area contributed by atoms with Crippen molar-refractivity contribution in [1.29, 1.82) is 0 Å². The number of benzene rings is 8. The molecule has 0 radical (unpaired) electrons. The zero-order valence-corrected chi connectivity index (χ0v) is 34.6. The lowest BCUT2D eigenvalue weighted by atomic mass is 9.50. The van der Waals surface area contributed by atoms with Gasteiger partial charge in [0.15, 0.2) is 0 Å². The first-order valence-corrected chi connectivity index (χ1v) is 22.7. The molecule has 2 heterocycles. The predicted molar refractivity (Wildman–Crippen MR) is 257 cm³/mol. The summed E-state index contributed by atoms with van der Waals surface area (Å²) in [5, 5.41) is 7.16. The Morgan fingerprint density at radius 3 is 1.87 bits per heavy atom. The molecular weight excluding hydrogens is 749 g/mol. The van der Waals surface area contributed by atoms with Crippen molar-refractivity contribution < 1.29 is 0 Å². The van der Waals surface area contributed by atoms with Gasteiger partial charge in [-0.2, -0.15) is 0 Å². The summed E-state index contributed by atoms with van der Waals surface area (Å²) in [7, 11) is 0. The number of pyridine rings is 2. The van der Waals surface area contributed by atoms with Gasteiger partial charge in [0.1, 0.15) is 0 Å². The minimum atomic E-state index is 0.183. The van der Waals surface area contributed by atoms with Crippen molar-refractivity contribution in [1.82, 2.24) is 9.97 Å². The molecule has 8 aromatic carbocycles. The third-order valence-corrected chi connectivity index (χ3v) is 16.0. The lowest BCUT2D eigenvalue weighted by molar-refractivity contribution is 0.0768. The van der Waals surface area contributed by atoms with Gasteiger partial charge in [0.25, 0.3) is 0 Å². The number of hydrogen-bond donors (Lipinski definition) is 0. The second-order valence-electron chi connectivity index (χ2n) is 18.8. The first-order valence-electron chi connectivity index (χ1n) is 22.7. The van der Waals surface area contributed by atoms with E-state index in [-0.39, 0.29) is 5.41 Å². The largest absolute Gasteiger partial charge is 0.254 e. The van der Waals surface area contributed by atoms with Crippen molar-refractivity contribution in [2.24, 2.45) is 23.7 Å². The first-order chi connectivity index (χ1) is 30.7. The van der Waals surface area contributed by atoms with Gasteiger partial charge in [0.05, 0.1) is 11.0 Å². The molecule has 5 unspecified atom stereocenters. The Morgan fingerprint density at radius 2 is 1.05 bits per heavy atom. The summed E-state index contributed by atoms with van der Waals surface area (Å²) in [6, 6.07) is 64.1. The molecule has 2 nitrogen and oxygen atoms in total. The summed E-state index contributed by atoms with van der Waals surface area (Å²) in [5.41, 5.74) is 18.3. The van der Waals surface area contributed by atoms with Gasteiger partial charge >= 0.3 is 0 Å². The molecule has 0 aliphatic heterocycles. The molecule has 5 atom stereocenters. The van der Waals surface area contributed by atoms with Gasteiger partial charge in [0, 0.05) is 28.6 Å². The average molecular weight is 793 g/mol. The Morgan fingerprint density at radius 1 is 0.403 bits per heavy atom. The molecule has 62 heavy (non-hydrogen) atoms. The van der Waals surface area contributed by atoms with Crippen LogP contribution in [0.15, 0.2) is 182 Å². The van der Waals surface area contributed by atoms with Gasteiger partial charge in [-0.15, -0.1) is 0 Å². The predicted octanol–water partition coefficient (Wildman–Crippen LogP) is 15.5. The van der Waals surface area contributed by atoms with Crippen LogP contribution in [-0.2, 0) is 5.41 Å². The molecule has 4 aliphatic carbocycles. The molecule has 3 fully saturated rings. The van der Waals surface area contributed by atoms with E-state index in [0.717, 1.165) is 45.5 Å². The molecule has 14 rings (SSSR count). The Labute approximate surface area is 362 Å². The van der Waals surface area contributed by atoms with Crippen molar-refractivity contribution in [3.05, 3.63) is 193 Å². The van der Waals surface area contributed by atoms with E-state index in [4.69, 9.17) is 9.97 Å². The second kappa shape index (κ2) is 13.1. The molecule has 0 N–H and O–H groups in total. The minimum absolute atomic E-state index is 0.183. The van der Waals surface area contributed by atoms with Gasteiger partial charge in [-0.05, 0) is 168 Å². The maximum Gasteiger partial charge on any atom is 0.0970 e. The first kappa shape index (κ1) is 34.8. The Bertz CT molecular complexity index is 3430. The summed E-state index contributed by atoms with van der Waals surface area (Å²) in [4.78, 5) is 9.64. The van der Waals surface area contributed by atoms with Gasteiger partial charge < -0.3 is 0 Å². The third-order valence-electron chi connectivity index (χ3n) is 16.0. The highest BCUT2D eigenvalue weighted by Gasteiger charge is 2.63. The summed E-state index contributed by atoms with van der Waals surface area (Å²) in [6.45, 7) is 0. The lowest BCUT2D eigenvalue weighted by Gasteiger charge is -2.52. The highest BCUT2D eigenvalue weighted by atomic mass is 14.7. The molecule has 1 spiro atoms. The van der Waals surface area contributed by atoms with Crippen LogP contribution in [0.25, 0.3) is 99.0 Å². The highest BCUT2D eigenvalue weighted by molar-refractivity contribution is 6.25. The molecule has 10 aromatic rings. The smallest absolute Gasteiger partial charge is 0.0970 e. The molecule has 4 aliphatic rings. The van der Waals surface area contributed by atoms with E-state index in [1.165, 1.54) is 109 Å². The number of nitrogens with zero attached hydrogens (tertiary/aromatic N) is 2. The molecule has 3 saturated carbocycles. The van der Waals surface area contributed by atoms with Crippen molar-refractivity contribution in [3.8, 4) is 55.6 Å². The van der Waals surface area contributed by atoms with Gasteiger partial charge in [0.2, 0.25) is 0 Å². The topological polar surface area (TPSA) is 25.8 Å². The van der Waals surface area contributed by atoms with Crippen molar-refractivity contribution >= 4 is 43.4 Å². The van der Waals surface area contributed by atoms with E-state index >= 15 is 0 Å². The fourth-order valence-corrected chi connectivity index (χ4v) is 13.8. The van der Waals surface area contributed by atoms with Crippen molar-refractivity contribution in [3.63, 3.8) is 0 Å². The van der Waals surface area contributed by atoms with Crippen LogP contribution in [0.1, 0.15) is 43.2 Å². The van der Waals surface area contributed by atoms with Crippen molar-refractivity contribution in [2.45, 2.75) is 37.5 Å². The molecule has 0 amide bonds.